The summed E-state index contributed by atoms with van der Waals surface area (Å²) >= 11 is 0. The summed E-state index contributed by atoms with van der Waals surface area (Å²) in [5, 5.41) is 0. The molecule has 0 heterocycles. The Hall–Kier alpha value is -2.69. The number of hydrogen-bond acceptors (Lipinski definition) is 4. The normalized spacial score (nSPS) is 22.8. The third-order valence-electron chi connectivity index (χ3n) is 6.11. The zero-order valence-electron chi connectivity index (χ0n) is 18.9. The maximum absolute atomic E-state index is 11.1. The molecule has 0 bridgehead atoms. The van der Waals surface area contributed by atoms with Gasteiger partial charge in [-0.25, -0.2) is 0 Å². The lowest BCUT2D eigenvalue weighted by molar-refractivity contribution is -0.139. The molecule has 0 aromatic heterocycles. The van der Waals surface area contributed by atoms with Crippen LogP contribution in [0.25, 0.3) is 0 Å². The van der Waals surface area contributed by atoms with Gasteiger partial charge in [0.2, 0.25) is 0 Å². The average molecular weight is 435 g/mol. The molecule has 1 aliphatic rings. The first-order chi connectivity index (χ1) is 15.7. The molecule has 0 saturated heterocycles. The number of allylic oxidation sites excluding steroid dienone is 2. The summed E-state index contributed by atoms with van der Waals surface area (Å²) in [7, 11) is 0. The molecule has 4 atom stereocenters. The fraction of sp³-hybridized carbons (Fsp3) is 0.393. The highest BCUT2D eigenvalue weighted by Crippen LogP contribution is 2.43. The van der Waals surface area contributed by atoms with Crippen molar-refractivity contribution >= 4 is 5.97 Å². The molecule has 0 amide bonds. The smallest absolute Gasteiger partial charge is 0.302 e. The molecular weight excluding hydrogens is 400 g/mol. The Morgan fingerprint density at radius 1 is 0.906 bits per heavy atom. The third-order valence-corrected chi connectivity index (χ3v) is 6.11. The van der Waals surface area contributed by atoms with E-state index in [1.54, 1.807) is 0 Å². The van der Waals surface area contributed by atoms with Gasteiger partial charge in [-0.15, -0.1) is 6.58 Å². The van der Waals surface area contributed by atoms with Crippen molar-refractivity contribution in [3.63, 3.8) is 0 Å². The fourth-order valence-corrected chi connectivity index (χ4v) is 4.46. The van der Waals surface area contributed by atoms with Gasteiger partial charge in [0.15, 0.2) is 0 Å². The Kier molecular flexibility index (Phi) is 9.73. The van der Waals surface area contributed by atoms with Crippen LogP contribution >= 0.6 is 0 Å². The number of carbonyl (C=O) groups is 1. The van der Waals surface area contributed by atoms with E-state index >= 15 is 0 Å². The maximum atomic E-state index is 11.1. The van der Waals surface area contributed by atoms with Crippen LogP contribution in [0, 0.1) is 23.7 Å². The molecule has 3 rings (SSSR count). The molecule has 0 unspecified atom stereocenters. The molecule has 2 aromatic rings. The zero-order chi connectivity index (χ0) is 22.6. The number of hydrogen-bond donors (Lipinski definition) is 0. The van der Waals surface area contributed by atoms with Gasteiger partial charge in [0.25, 0.3) is 0 Å². The quantitative estimate of drug-likeness (QED) is 0.322. The predicted octanol–water partition coefficient (Wildman–Crippen LogP) is 5.59. The summed E-state index contributed by atoms with van der Waals surface area (Å²) < 4.78 is 17.4. The lowest BCUT2D eigenvalue weighted by Crippen LogP contribution is -2.26. The third kappa shape index (κ3) is 7.47. The highest BCUT2D eigenvalue weighted by molar-refractivity contribution is 5.65. The van der Waals surface area contributed by atoms with Gasteiger partial charge in [-0.3, -0.25) is 4.79 Å². The van der Waals surface area contributed by atoms with Crippen molar-refractivity contribution in [2.75, 3.05) is 19.8 Å². The number of benzene rings is 2. The molecule has 1 fully saturated rings. The molecule has 1 saturated carbocycles. The first kappa shape index (κ1) is 24.0. The standard InChI is InChI=1S/C28H34O4/c1-3-25-17-26(15-10-16-32-22(2)29)28(21-31-19-24-13-8-5-9-14-24)27(25)20-30-18-23-11-6-4-7-12-23/h3-15,25-28H,1,16-21H2,2H3/b15-10-/t25-,26+,27-,28+/m0/s1. The molecule has 2 aromatic carbocycles. The van der Waals surface area contributed by atoms with Crippen LogP contribution in [0.5, 0.6) is 0 Å². The zero-order valence-corrected chi connectivity index (χ0v) is 18.9. The molecule has 0 spiro atoms. The summed E-state index contributed by atoms with van der Waals surface area (Å²) in [6.45, 7) is 8.33. The number of ether oxygens (including phenoxy) is 3. The van der Waals surface area contributed by atoms with E-state index in [4.69, 9.17) is 14.2 Å². The summed E-state index contributed by atoms with van der Waals surface area (Å²) in [4.78, 5) is 11.1. The minimum absolute atomic E-state index is 0.264. The Bertz CT molecular complexity index is 846. The van der Waals surface area contributed by atoms with E-state index in [0.29, 0.717) is 56.7 Å². The van der Waals surface area contributed by atoms with Crippen molar-refractivity contribution in [1.82, 2.24) is 0 Å². The van der Waals surface area contributed by atoms with Crippen LogP contribution in [0.15, 0.2) is 85.5 Å². The lowest BCUT2D eigenvalue weighted by atomic mass is 9.88. The molecule has 4 nitrogen and oxygen atoms in total. The van der Waals surface area contributed by atoms with Crippen LogP contribution in [-0.4, -0.2) is 25.8 Å². The van der Waals surface area contributed by atoms with Gasteiger partial charge in [0.1, 0.15) is 6.61 Å². The van der Waals surface area contributed by atoms with Gasteiger partial charge in [0.05, 0.1) is 26.4 Å². The lowest BCUT2D eigenvalue weighted by Gasteiger charge is -2.25. The molecule has 0 radical (unpaired) electrons. The van der Waals surface area contributed by atoms with E-state index < -0.39 is 0 Å². The van der Waals surface area contributed by atoms with Crippen molar-refractivity contribution in [3.05, 3.63) is 96.6 Å². The van der Waals surface area contributed by atoms with Crippen LogP contribution < -0.4 is 0 Å². The van der Waals surface area contributed by atoms with Crippen LogP contribution in [0.1, 0.15) is 24.5 Å². The van der Waals surface area contributed by atoms with E-state index in [9.17, 15) is 4.79 Å². The molecule has 32 heavy (non-hydrogen) atoms. The predicted molar refractivity (Wildman–Crippen MR) is 127 cm³/mol. The molecule has 170 valence electrons. The molecular formula is C28H34O4. The van der Waals surface area contributed by atoms with Crippen molar-refractivity contribution in [1.29, 1.82) is 0 Å². The second-order valence-electron chi connectivity index (χ2n) is 8.36. The summed E-state index contributed by atoms with van der Waals surface area (Å²) in [5.41, 5.74) is 2.35. The van der Waals surface area contributed by atoms with E-state index in [1.165, 1.54) is 18.1 Å². The highest BCUT2D eigenvalue weighted by atomic mass is 16.5. The Labute approximate surface area is 191 Å². The first-order valence-corrected chi connectivity index (χ1v) is 11.3. The molecule has 4 heteroatoms. The Morgan fingerprint density at radius 3 is 1.94 bits per heavy atom. The van der Waals surface area contributed by atoms with Crippen molar-refractivity contribution in [2.24, 2.45) is 23.7 Å². The van der Waals surface area contributed by atoms with Crippen molar-refractivity contribution in [2.45, 2.75) is 26.6 Å². The van der Waals surface area contributed by atoms with Crippen LogP contribution in [0.4, 0.5) is 0 Å². The molecule has 0 aliphatic heterocycles. The van der Waals surface area contributed by atoms with E-state index in [0.717, 1.165) is 6.42 Å². The van der Waals surface area contributed by atoms with E-state index in [2.05, 4.69) is 43.0 Å². The fourth-order valence-electron chi connectivity index (χ4n) is 4.46. The average Bonchev–Trinajstić information content (AvgIpc) is 3.14. The SMILES string of the molecule is C=C[C@H]1C[C@@H](/C=C\COC(C)=O)[C@@H](COCc2ccccc2)[C@H]1COCc1ccccc1. The monoisotopic (exact) mass is 434 g/mol. The maximum Gasteiger partial charge on any atom is 0.302 e. The van der Waals surface area contributed by atoms with Gasteiger partial charge < -0.3 is 14.2 Å². The minimum Gasteiger partial charge on any atom is -0.462 e. The second-order valence-corrected chi connectivity index (χ2v) is 8.36. The van der Waals surface area contributed by atoms with Crippen molar-refractivity contribution < 1.29 is 19.0 Å². The summed E-state index contributed by atoms with van der Waals surface area (Å²) in [6, 6.07) is 20.5. The topological polar surface area (TPSA) is 44.8 Å². The van der Waals surface area contributed by atoms with Gasteiger partial charge >= 0.3 is 5.97 Å². The summed E-state index contributed by atoms with van der Waals surface area (Å²) in [6.07, 6.45) is 7.18. The van der Waals surface area contributed by atoms with Crippen LogP contribution in [0.2, 0.25) is 0 Å². The van der Waals surface area contributed by atoms with Gasteiger partial charge in [-0.1, -0.05) is 78.9 Å². The van der Waals surface area contributed by atoms with Gasteiger partial charge in [-0.05, 0) is 41.2 Å². The largest absolute Gasteiger partial charge is 0.462 e. The van der Waals surface area contributed by atoms with Crippen LogP contribution in [-0.2, 0) is 32.2 Å². The second kappa shape index (κ2) is 13.0. The van der Waals surface area contributed by atoms with Crippen LogP contribution in [0.3, 0.4) is 0 Å². The molecule has 1 aliphatic carbocycles. The van der Waals surface area contributed by atoms with Gasteiger partial charge in [-0.2, -0.15) is 0 Å². The Balaban J connectivity index is 1.63. The van der Waals surface area contributed by atoms with E-state index in [1.807, 2.05) is 42.5 Å². The minimum atomic E-state index is -0.264. The first-order valence-electron chi connectivity index (χ1n) is 11.3. The summed E-state index contributed by atoms with van der Waals surface area (Å²) in [5.74, 6) is 1.07. The Morgan fingerprint density at radius 2 is 1.44 bits per heavy atom. The highest BCUT2D eigenvalue weighted by Gasteiger charge is 2.40. The van der Waals surface area contributed by atoms with Gasteiger partial charge in [0, 0.05) is 6.92 Å². The molecule has 0 N–H and O–H groups in total. The number of rotatable bonds is 12. The number of carbonyl (C=O) groups excluding carboxylic acids is 1. The van der Waals surface area contributed by atoms with E-state index in [-0.39, 0.29) is 5.97 Å². The number of esters is 1. The van der Waals surface area contributed by atoms with Crippen molar-refractivity contribution in [3.8, 4) is 0 Å².